The largest absolute Gasteiger partial charge is 0.507 e. The van der Waals surface area contributed by atoms with Crippen molar-refractivity contribution >= 4 is 6.21 Å². The van der Waals surface area contributed by atoms with Gasteiger partial charge in [-0.2, -0.15) is 0 Å². The molecule has 1 rings (SSSR count). The van der Waals surface area contributed by atoms with Crippen LogP contribution in [0.3, 0.4) is 0 Å². The lowest BCUT2D eigenvalue weighted by Crippen LogP contribution is -2.25. The molecule has 1 aromatic rings. The van der Waals surface area contributed by atoms with Crippen molar-refractivity contribution in [2.24, 2.45) is 4.99 Å². The summed E-state index contributed by atoms with van der Waals surface area (Å²) in [6.07, 6.45) is 1.73. The first-order chi connectivity index (χ1) is 7.77. The Bertz CT molecular complexity index is 332. The standard InChI is InChI=1S/C13H20N2O/c1-3-15(4-2)10-9-14-11-12-7-5-6-8-13(12)16/h5-8,11,16H,3-4,9-10H2,1-2H3. The minimum Gasteiger partial charge on any atom is -0.507 e. The number of phenolic OH excluding ortho intramolecular Hbond substituents is 1. The van der Waals surface area contributed by atoms with Gasteiger partial charge >= 0.3 is 0 Å². The lowest BCUT2D eigenvalue weighted by molar-refractivity contribution is 0.313. The van der Waals surface area contributed by atoms with Crippen molar-refractivity contribution in [1.29, 1.82) is 0 Å². The lowest BCUT2D eigenvalue weighted by atomic mass is 10.2. The summed E-state index contributed by atoms with van der Waals surface area (Å²) in [4.78, 5) is 6.63. The minimum absolute atomic E-state index is 0.286. The molecule has 88 valence electrons. The number of aliphatic imine (C=N–C) groups is 1. The van der Waals surface area contributed by atoms with E-state index in [1.165, 1.54) is 0 Å². The van der Waals surface area contributed by atoms with Gasteiger partial charge in [-0.05, 0) is 25.2 Å². The average Bonchev–Trinajstić information content (AvgIpc) is 2.31. The molecular formula is C13H20N2O. The fraction of sp³-hybridized carbons (Fsp3) is 0.462. The fourth-order valence-electron chi connectivity index (χ4n) is 1.50. The van der Waals surface area contributed by atoms with Crippen molar-refractivity contribution in [3.05, 3.63) is 29.8 Å². The highest BCUT2D eigenvalue weighted by atomic mass is 16.3. The second-order valence-electron chi connectivity index (χ2n) is 3.62. The lowest BCUT2D eigenvalue weighted by Gasteiger charge is -2.15. The van der Waals surface area contributed by atoms with Gasteiger partial charge in [0.25, 0.3) is 0 Å². The van der Waals surface area contributed by atoms with Crippen LogP contribution in [0.2, 0.25) is 0 Å². The maximum atomic E-state index is 9.51. The maximum absolute atomic E-state index is 9.51. The third-order valence-electron chi connectivity index (χ3n) is 2.61. The first-order valence-corrected chi connectivity index (χ1v) is 5.78. The molecule has 0 saturated carbocycles. The van der Waals surface area contributed by atoms with E-state index in [2.05, 4.69) is 23.7 Å². The van der Waals surface area contributed by atoms with Gasteiger partial charge in [-0.1, -0.05) is 26.0 Å². The molecule has 0 aromatic heterocycles. The topological polar surface area (TPSA) is 35.8 Å². The highest BCUT2D eigenvalue weighted by Gasteiger charge is 1.97. The van der Waals surface area contributed by atoms with Crippen LogP contribution < -0.4 is 0 Å². The summed E-state index contributed by atoms with van der Waals surface area (Å²) < 4.78 is 0. The summed E-state index contributed by atoms with van der Waals surface area (Å²) >= 11 is 0. The summed E-state index contributed by atoms with van der Waals surface area (Å²) in [5.74, 6) is 0.286. The Morgan fingerprint density at radius 1 is 1.25 bits per heavy atom. The zero-order chi connectivity index (χ0) is 11.8. The molecule has 0 heterocycles. The first-order valence-electron chi connectivity index (χ1n) is 5.78. The minimum atomic E-state index is 0.286. The molecule has 0 amide bonds. The van der Waals surface area contributed by atoms with Crippen LogP contribution in [0.5, 0.6) is 5.75 Å². The van der Waals surface area contributed by atoms with Crippen LogP contribution in [0.25, 0.3) is 0 Å². The van der Waals surface area contributed by atoms with Gasteiger partial charge in [-0.25, -0.2) is 0 Å². The number of benzene rings is 1. The molecule has 3 nitrogen and oxygen atoms in total. The number of aromatic hydroxyl groups is 1. The van der Waals surface area contributed by atoms with Crippen LogP contribution in [0.15, 0.2) is 29.3 Å². The monoisotopic (exact) mass is 220 g/mol. The zero-order valence-electron chi connectivity index (χ0n) is 10.1. The molecule has 0 aliphatic rings. The number of para-hydroxylation sites is 1. The van der Waals surface area contributed by atoms with Gasteiger partial charge in [0.05, 0.1) is 6.54 Å². The highest BCUT2D eigenvalue weighted by molar-refractivity contribution is 5.83. The molecule has 16 heavy (non-hydrogen) atoms. The van der Waals surface area contributed by atoms with E-state index in [0.717, 1.165) is 31.7 Å². The molecule has 0 atom stereocenters. The molecule has 0 fully saturated rings. The second kappa shape index (κ2) is 7.01. The number of hydrogen-bond acceptors (Lipinski definition) is 3. The molecule has 0 radical (unpaired) electrons. The van der Waals surface area contributed by atoms with E-state index >= 15 is 0 Å². The molecule has 0 aliphatic carbocycles. The van der Waals surface area contributed by atoms with Crippen LogP contribution >= 0.6 is 0 Å². The smallest absolute Gasteiger partial charge is 0.124 e. The zero-order valence-corrected chi connectivity index (χ0v) is 10.1. The van der Waals surface area contributed by atoms with Gasteiger partial charge in [0, 0.05) is 18.3 Å². The quantitative estimate of drug-likeness (QED) is 0.746. The van der Waals surface area contributed by atoms with E-state index in [1.807, 2.05) is 18.2 Å². The highest BCUT2D eigenvalue weighted by Crippen LogP contribution is 2.12. The van der Waals surface area contributed by atoms with E-state index in [1.54, 1.807) is 12.3 Å². The Labute approximate surface area is 97.4 Å². The predicted octanol–water partition coefficient (Wildman–Crippen LogP) is 2.15. The molecule has 3 heteroatoms. The van der Waals surface area contributed by atoms with E-state index in [4.69, 9.17) is 0 Å². The Morgan fingerprint density at radius 3 is 2.56 bits per heavy atom. The maximum Gasteiger partial charge on any atom is 0.124 e. The van der Waals surface area contributed by atoms with Crippen LogP contribution in [0.4, 0.5) is 0 Å². The van der Waals surface area contributed by atoms with Gasteiger partial charge in [0.1, 0.15) is 5.75 Å². The van der Waals surface area contributed by atoms with E-state index < -0.39 is 0 Å². The summed E-state index contributed by atoms with van der Waals surface area (Å²) in [5, 5.41) is 9.51. The third kappa shape index (κ3) is 4.03. The van der Waals surface area contributed by atoms with Gasteiger partial charge in [0.15, 0.2) is 0 Å². The number of likely N-dealkylation sites (N-methyl/N-ethyl adjacent to an activating group) is 1. The van der Waals surface area contributed by atoms with Crippen LogP contribution in [0.1, 0.15) is 19.4 Å². The van der Waals surface area contributed by atoms with Gasteiger partial charge in [0.2, 0.25) is 0 Å². The Morgan fingerprint density at radius 2 is 1.94 bits per heavy atom. The molecule has 1 aromatic carbocycles. The summed E-state index contributed by atoms with van der Waals surface area (Å²) in [7, 11) is 0. The molecule has 1 N–H and O–H groups in total. The molecule has 0 aliphatic heterocycles. The van der Waals surface area contributed by atoms with Crippen LogP contribution in [-0.2, 0) is 0 Å². The van der Waals surface area contributed by atoms with Crippen molar-refractivity contribution < 1.29 is 5.11 Å². The molecule has 0 saturated heterocycles. The van der Waals surface area contributed by atoms with Gasteiger partial charge < -0.3 is 10.0 Å². The molecule has 0 bridgehead atoms. The van der Waals surface area contributed by atoms with Gasteiger partial charge in [-0.15, -0.1) is 0 Å². The average molecular weight is 220 g/mol. The fourth-order valence-corrected chi connectivity index (χ4v) is 1.50. The Hall–Kier alpha value is -1.35. The van der Waals surface area contributed by atoms with Crippen LogP contribution in [0, 0.1) is 0 Å². The second-order valence-corrected chi connectivity index (χ2v) is 3.62. The number of phenols is 1. The van der Waals surface area contributed by atoms with Crippen LogP contribution in [-0.4, -0.2) is 42.4 Å². The van der Waals surface area contributed by atoms with Crippen molar-refractivity contribution in [3.8, 4) is 5.75 Å². The number of nitrogens with zero attached hydrogens (tertiary/aromatic N) is 2. The first kappa shape index (κ1) is 12.7. The van der Waals surface area contributed by atoms with Crippen molar-refractivity contribution in [2.75, 3.05) is 26.2 Å². The summed E-state index contributed by atoms with van der Waals surface area (Å²) in [5.41, 5.74) is 0.780. The van der Waals surface area contributed by atoms with Crippen molar-refractivity contribution in [3.63, 3.8) is 0 Å². The summed E-state index contributed by atoms with van der Waals surface area (Å²) in [6.45, 7) is 8.16. The Kier molecular flexibility index (Phi) is 5.57. The Balaban J connectivity index is 2.40. The van der Waals surface area contributed by atoms with E-state index in [9.17, 15) is 5.11 Å². The van der Waals surface area contributed by atoms with Crippen molar-refractivity contribution in [2.45, 2.75) is 13.8 Å². The molecule has 0 unspecified atom stereocenters. The van der Waals surface area contributed by atoms with Crippen molar-refractivity contribution in [1.82, 2.24) is 4.90 Å². The molecular weight excluding hydrogens is 200 g/mol. The van der Waals surface area contributed by atoms with E-state index in [0.29, 0.717) is 0 Å². The van der Waals surface area contributed by atoms with E-state index in [-0.39, 0.29) is 5.75 Å². The predicted molar refractivity (Wildman–Crippen MR) is 68.4 cm³/mol. The third-order valence-corrected chi connectivity index (χ3v) is 2.61. The molecule has 0 spiro atoms. The SMILES string of the molecule is CCN(CC)CCN=Cc1ccccc1O. The van der Waals surface area contributed by atoms with Gasteiger partial charge in [-0.3, -0.25) is 4.99 Å². The normalized spacial score (nSPS) is 11.4. The number of rotatable bonds is 6. The number of hydrogen-bond donors (Lipinski definition) is 1. The summed E-state index contributed by atoms with van der Waals surface area (Å²) in [6, 6.07) is 7.23.